The standard InChI is InChI=1S/C25H37F3N2O/c26-25(27,28)21-9-7-8-20(18-21)23(24(31)12-3-1-4-13-24)19-29-16-10-22(11-17-29)30-14-5-2-6-15-30/h7-9,18,22-23,31H,1-6,10-17,19H2. The smallest absolute Gasteiger partial charge is 0.389 e. The lowest BCUT2D eigenvalue weighted by molar-refractivity contribution is -0.137. The summed E-state index contributed by atoms with van der Waals surface area (Å²) in [7, 11) is 0. The summed E-state index contributed by atoms with van der Waals surface area (Å²) in [6.45, 7) is 4.98. The third-order valence-corrected chi connectivity index (χ3v) is 7.89. The van der Waals surface area contributed by atoms with Crippen LogP contribution in [0.5, 0.6) is 0 Å². The Morgan fingerprint density at radius 1 is 0.935 bits per heavy atom. The van der Waals surface area contributed by atoms with Gasteiger partial charge in [-0.2, -0.15) is 13.2 Å². The van der Waals surface area contributed by atoms with Crippen LogP contribution in [0.1, 0.15) is 81.3 Å². The fourth-order valence-electron chi connectivity index (χ4n) is 6.04. The van der Waals surface area contributed by atoms with Crippen molar-refractivity contribution in [2.45, 2.75) is 87.9 Å². The maximum Gasteiger partial charge on any atom is 0.416 e. The van der Waals surface area contributed by atoms with E-state index in [1.54, 1.807) is 6.07 Å². The SMILES string of the molecule is OC1(C(CN2CCC(N3CCCCC3)CC2)c2cccc(C(F)(F)F)c2)CCCCC1. The molecular formula is C25H37F3N2O. The summed E-state index contributed by atoms with van der Waals surface area (Å²) < 4.78 is 40.1. The number of aliphatic hydroxyl groups is 1. The van der Waals surface area contributed by atoms with Crippen molar-refractivity contribution in [1.82, 2.24) is 9.80 Å². The Hall–Kier alpha value is -1.11. The average Bonchev–Trinajstić information content (AvgIpc) is 2.78. The second-order valence-electron chi connectivity index (χ2n) is 9.97. The van der Waals surface area contributed by atoms with Crippen molar-refractivity contribution in [3.63, 3.8) is 0 Å². The minimum absolute atomic E-state index is 0.276. The van der Waals surface area contributed by atoms with Gasteiger partial charge in [0.2, 0.25) is 0 Å². The van der Waals surface area contributed by atoms with E-state index in [0.717, 1.165) is 51.3 Å². The fraction of sp³-hybridized carbons (Fsp3) is 0.760. The molecule has 1 atom stereocenters. The number of halogens is 3. The highest BCUT2D eigenvalue weighted by atomic mass is 19.4. The number of piperidine rings is 2. The number of nitrogens with zero attached hydrogens (tertiary/aromatic N) is 2. The molecule has 174 valence electrons. The highest BCUT2D eigenvalue weighted by Crippen LogP contribution is 2.42. The zero-order valence-corrected chi connectivity index (χ0v) is 18.5. The molecule has 0 aromatic heterocycles. The lowest BCUT2D eigenvalue weighted by Gasteiger charge is -2.45. The van der Waals surface area contributed by atoms with E-state index in [-0.39, 0.29) is 5.92 Å². The molecule has 2 saturated heterocycles. The third kappa shape index (κ3) is 5.63. The first kappa shape index (κ1) is 23.1. The van der Waals surface area contributed by atoms with Crippen LogP contribution in [-0.2, 0) is 6.18 Å². The molecule has 0 amide bonds. The minimum Gasteiger partial charge on any atom is -0.389 e. The zero-order valence-electron chi connectivity index (χ0n) is 18.5. The summed E-state index contributed by atoms with van der Waals surface area (Å²) in [6, 6.07) is 6.33. The summed E-state index contributed by atoms with van der Waals surface area (Å²) >= 11 is 0. The Balaban J connectivity index is 1.48. The number of rotatable bonds is 5. The van der Waals surface area contributed by atoms with Gasteiger partial charge in [0.05, 0.1) is 11.2 Å². The molecule has 3 aliphatic rings. The van der Waals surface area contributed by atoms with E-state index in [1.165, 1.54) is 44.5 Å². The molecule has 1 aliphatic carbocycles. The predicted octanol–water partition coefficient (Wildman–Crippen LogP) is 5.43. The van der Waals surface area contributed by atoms with E-state index in [9.17, 15) is 18.3 Å². The highest BCUT2D eigenvalue weighted by molar-refractivity contribution is 5.31. The fourth-order valence-corrected chi connectivity index (χ4v) is 6.04. The van der Waals surface area contributed by atoms with E-state index >= 15 is 0 Å². The Morgan fingerprint density at radius 2 is 1.58 bits per heavy atom. The van der Waals surface area contributed by atoms with Crippen LogP contribution in [0.4, 0.5) is 13.2 Å². The van der Waals surface area contributed by atoms with Crippen LogP contribution in [0, 0.1) is 0 Å². The van der Waals surface area contributed by atoms with Gasteiger partial charge in [-0.25, -0.2) is 0 Å². The van der Waals surface area contributed by atoms with Gasteiger partial charge in [0.15, 0.2) is 0 Å². The summed E-state index contributed by atoms with van der Waals surface area (Å²) in [5.74, 6) is -0.276. The largest absolute Gasteiger partial charge is 0.416 e. The number of hydrogen-bond donors (Lipinski definition) is 1. The minimum atomic E-state index is -4.36. The van der Waals surface area contributed by atoms with Crippen LogP contribution in [0.2, 0.25) is 0 Å². The first-order chi connectivity index (χ1) is 14.9. The predicted molar refractivity (Wildman–Crippen MR) is 117 cm³/mol. The van der Waals surface area contributed by atoms with Crippen LogP contribution >= 0.6 is 0 Å². The third-order valence-electron chi connectivity index (χ3n) is 7.89. The van der Waals surface area contributed by atoms with Crippen molar-refractivity contribution in [2.24, 2.45) is 0 Å². The number of benzene rings is 1. The van der Waals surface area contributed by atoms with E-state index in [1.807, 2.05) is 0 Å². The lowest BCUT2D eigenvalue weighted by atomic mass is 9.72. The zero-order chi connectivity index (χ0) is 21.9. The van der Waals surface area contributed by atoms with Gasteiger partial charge >= 0.3 is 6.18 Å². The molecule has 3 nitrogen and oxygen atoms in total. The molecule has 1 N–H and O–H groups in total. The van der Waals surface area contributed by atoms with E-state index < -0.39 is 17.3 Å². The Bertz CT molecular complexity index is 703. The summed E-state index contributed by atoms with van der Waals surface area (Å²) in [5.41, 5.74) is -0.887. The summed E-state index contributed by atoms with van der Waals surface area (Å²) in [4.78, 5) is 5.03. The molecule has 0 radical (unpaired) electrons. The van der Waals surface area contributed by atoms with Crippen molar-refractivity contribution in [1.29, 1.82) is 0 Å². The monoisotopic (exact) mass is 438 g/mol. The molecule has 1 unspecified atom stereocenters. The quantitative estimate of drug-likeness (QED) is 0.664. The molecular weight excluding hydrogens is 401 g/mol. The molecule has 1 saturated carbocycles. The van der Waals surface area contributed by atoms with Gasteiger partial charge in [0.1, 0.15) is 0 Å². The topological polar surface area (TPSA) is 26.7 Å². The summed E-state index contributed by atoms with van der Waals surface area (Å²) in [5, 5.41) is 11.5. The van der Waals surface area contributed by atoms with Gasteiger partial charge in [-0.15, -0.1) is 0 Å². The Morgan fingerprint density at radius 3 is 2.23 bits per heavy atom. The Labute approximate surface area is 184 Å². The first-order valence-corrected chi connectivity index (χ1v) is 12.2. The van der Waals surface area contributed by atoms with Gasteiger partial charge in [-0.05, 0) is 76.3 Å². The highest BCUT2D eigenvalue weighted by Gasteiger charge is 2.41. The number of likely N-dealkylation sites (tertiary alicyclic amines) is 2. The first-order valence-electron chi connectivity index (χ1n) is 12.2. The molecule has 0 bridgehead atoms. The molecule has 6 heteroatoms. The second kappa shape index (κ2) is 9.80. The van der Waals surface area contributed by atoms with E-state index in [0.29, 0.717) is 31.0 Å². The van der Waals surface area contributed by atoms with Gasteiger partial charge in [-0.1, -0.05) is 43.9 Å². The molecule has 31 heavy (non-hydrogen) atoms. The molecule has 3 fully saturated rings. The average molecular weight is 439 g/mol. The van der Waals surface area contributed by atoms with Crippen LogP contribution in [-0.4, -0.2) is 59.3 Å². The number of alkyl halides is 3. The van der Waals surface area contributed by atoms with E-state index in [2.05, 4.69) is 9.80 Å². The Kier molecular flexibility index (Phi) is 7.29. The molecule has 1 aromatic rings. The van der Waals surface area contributed by atoms with Crippen LogP contribution in [0.25, 0.3) is 0 Å². The van der Waals surface area contributed by atoms with Crippen molar-refractivity contribution >= 4 is 0 Å². The maximum atomic E-state index is 13.4. The van der Waals surface area contributed by atoms with E-state index in [4.69, 9.17) is 0 Å². The molecule has 4 rings (SSSR count). The van der Waals surface area contributed by atoms with Crippen LogP contribution in [0.15, 0.2) is 24.3 Å². The maximum absolute atomic E-state index is 13.4. The van der Waals surface area contributed by atoms with Crippen molar-refractivity contribution in [3.8, 4) is 0 Å². The van der Waals surface area contributed by atoms with Gasteiger partial charge in [-0.3, -0.25) is 0 Å². The second-order valence-corrected chi connectivity index (χ2v) is 9.97. The van der Waals surface area contributed by atoms with Gasteiger partial charge < -0.3 is 14.9 Å². The summed E-state index contributed by atoms with van der Waals surface area (Å²) in [6.07, 6.45) is 6.16. The van der Waals surface area contributed by atoms with Crippen molar-refractivity contribution in [3.05, 3.63) is 35.4 Å². The lowest BCUT2D eigenvalue weighted by Crippen LogP contribution is -2.50. The number of hydrogen-bond acceptors (Lipinski definition) is 3. The molecule has 2 aliphatic heterocycles. The van der Waals surface area contributed by atoms with Gasteiger partial charge in [0.25, 0.3) is 0 Å². The van der Waals surface area contributed by atoms with Crippen LogP contribution < -0.4 is 0 Å². The normalized spacial score (nSPS) is 25.4. The van der Waals surface area contributed by atoms with Crippen molar-refractivity contribution in [2.75, 3.05) is 32.7 Å². The molecule has 1 aromatic carbocycles. The van der Waals surface area contributed by atoms with Gasteiger partial charge in [0, 0.05) is 18.5 Å². The molecule has 2 heterocycles. The van der Waals surface area contributed by atoms with Crippen LogP contribution in [0.3, 0.4) is 0 Å². The van der Waals surface area contributed by atoms with Crippen molar-refractivity contribution < 1.29 is 18.3 Å². The molecule has 0 spiro atoms.